The molecule has 0 aliphatic heterocycles. The first kappa shape index (κ1) is 15.4. The topological polar surface area (TPSA) is 60.0 Å². The van der Waals surface area contributed by atoms with E-state index < -0.39 is 0 Å². The second-order valence-electron chi connectivity index (χ2n) is 5.92. The number of thiazole rings is 1. The molecule has 5 aromatic rings. The number of pyridine rings is 1. The number of anilines is 1. The van der Waals surface area contributed by atoms with E-state index in [1.807, 2.05) is 41.5 Å². The van der Waals surface area contributed by atoms with Crippen molar-refractivity contribution in [1.82, 2.24) is 24.1 Å². The zero-order valence-corrected chi connectivity index (χ0v) is 15.3. The summed E-state index contributed by atoms with van der Waals surface area (Å²) in [6.45, 7) is 0. The summed E-state index contributed by atoms with van der Waals surface area (Å²) in [6.07, 6.45) is 8.47. The number of hydrogen-bond donors (Lipinski definition) is 2. The maximum atomic E-state index is 4.56. The summed E-state index contributed by atoms with van der Waals surface area (Å²) < 4.78 is 7.90. The van der Waals surface area contributed by atoms with Gasteiger partial charge in [-0.15, -0.1) is 0 Å². The van der Waals surface area contributed by atoms with Crippen LogP contribution < -0.4 is 4.72 Å². The Hall–Kier alpha value is -2.84. The average Bonchev–Trinajstić information content (AvgIpc) is 3.40. The molecule has 6 nitrogen and oxygen atoms in total. The third-order valence-corrected chi connectivity index (χ3v) is 5.57. The molecule has 128 valence electrons. The van der Waals surface area contributed by atoms with Crippen molar-refractivity contribution in [2.75, 3.05) is 4.72 Å². The highest BCUT2D eigenvalue weighted by atomic mass is 32.1. The number of nitrogens with zero attached hydrogens (tertiary/aromatic N) is 5. The maximum absolute atomic E-state index is 4.56. The lowest BCUT2D eigenvalue weighted by atomic mass is 10.1. The van der Waals surface area contributed by atoms with Crippen LogP contribution >= 0.6 is 24.2 Å². The van der Waals surface area contributed by atoms with Crippen molar-refractivity contribution in [2.45, 2.75) is 6.42 Å². The van der Waals surface area contributed by atoms with Gasteiger partial charge in [0.2, 0.25) is 0 Å². The molecule has 0 saturated heterocycles. The molecule has 0 fully saturated rings. The van der Waals surface area contributed by atoms with Crippen LogP contribution in [0.5, 0.6) is 0 Å². The van der Waals surface area contributed by atoms with Gasteiger partial charge in [-0.3, -0.25) is 0 Å². The van der Waals surface area contributed by atoms with Crippen LogP contribution in [-0.2, 0) is 6.42 Å². The van der Waals surface area contributed by atoms with Gasteiger partial charge in [-0.1, -0.05) is 30.2 Å². The van der Waals surface area contributed by atoms with E-state index in [1.54, 1.807) is 17.5 Å². The van der Waals surface area contributed by atoms with E-state index in [-0.39, 0.29) is 0 Å². The average molecular weight is 378 g/mol. The molecule has 0 aliphatic carbocycles. The van der Waals surface area contributed by atoms with Gasteiger partial charge in [0.15, 0.2) is 5.13 Å². The first-order valence-electron chi connectivity index (χ1n) is 8.06. The molecule has 0 aliphatic rings. The SMILES string of the molecule is SNc1nc2ccc(Cc3cnc4cc(-n5cccn5)ccn34)cc2s1. The van der Waals surface area contributed by atoms with Gasteiger partial charge in [0.05, 0.1) is 15.9 Å². The summed E-state index contributed by atoms with van der Waals surface area (Å²) in [6, 6.07) is 12.3. The Labute approximate surface area is 158 Å². The Morgan fingerprint density at radius 1 is 1.15 bits per heavy atom. The highest BCUT2D eigenvalue weighted by molar-refractivity contribution is 7.82. The number of imidazole rings is 1. The molecule has 26 heavy (non-hydrogen) atoms. The summed E-state index contributed by atoms with van der Waals surface area (Å²) in [5, 5.41) is 5.08. The fourth-order valence-electron chi connectivity index (χ4n) is 3.05. The first-order valence-corrected chi connectivity index (χ1v) is 9.32. The third kappa shape index (κ3) is 2.63. The van der Waals surface area contributed by atoms with Crippen LogP contribution in [-0.4, -0.2) is 24.1 Å². The van der Waals surface area contributed by atoms with Crippen molar-refractivity contribution in [3.8, 4) is 5.69 Å². The van der Waals surface area contributed by atoms with Gasteiger partial charge in [0.25, 0.3) is 0 Å². The highest BCUT2D eigenvalue weighted by Gasteiger charge is 2.08. The molecule has 0 bridgehead atoms. The van der Waals surface area contributed by atoms with Gasteiger partial charge >= 0.3 is 0 Å². The molecule has 5 rings (SSSR count). The smallest absolute Gasteiger partial charge is 0.193 e. The van der Waals surface area contributed by atoms with E-state index in [2.05, 4.69) is 55.2 Å². The quantitative estimate of drug-likeness (QED) is 0.465. The van der Waals surface area contributed by atoms with Gasteiger partial charge in [-0.25, -0.2) is 14.6 Å². The number of fused-ring (bicyclic) bond motifs is 2. The van der Waals surface area contributed by atoms with E-state index in [1.165, 1.54) is 5.56 Å². The Morgan fingerprint density at radius 2 is 2.12 bits per heavy atom. The van der Waals surface area contributed by atoms with Gasteiger partial charge in [0.1, 0.15) is 5.65 Å². The van der Waals surface area contributed by atoms with Crippen molar-refractivity contribution in [1.29, 1.82) is 0 Å². The maximum Gasteiger partial charge on any atom is 0.193 e. The normalized spacial score (nSPS) is 11.4. The van der Waals surface area contributed by atoms with E-state index in [9.17, 15) is 0 Å². The molecule has 0 atom stereocenters. The van der Waals surface area contributed by atoms with Crippen LogP contribution in [0.3, 0.4) is 0 Å². The zero-order valence-electron chi connectivity index (χ0n) is 13.6. The van der Waals surface area contributed by atoms with Crippen LogP contribution in [0, 0.1) is 0 Å². The number of benzene rings is 1. The molecule has 0 saturated carbocycles. The first-order chi connectivity index (χ1) is 12.8. The largest absolute Gasteiger partial charge is 0.308 e. The predicted octanol–water partition coefficient (Wildman–Crippen LogP) is 3.98. The second-order valence-corrected chi connectivity index (χ2v) is 7.18. The van der Waals surface area contributed by atoms with Crippen LogP contribution in [0.2, 0.25) is 0 Å². The number of rotatable bonds is 4. The molecule has 0 amide bonds. The molecular formula is C18H14N6S2. The fraction of sp³-hybridized carbons (Fsp3) is 0.0556. The monoisotopic (exact) mass is 378 g/mol. The molecule has 1 N–H and O–H groups in total. The lowest BCUT2D eigenvalue weighted by Crippen LogP contribution is -1.98. The minimum atomic E-state index is 0.805. The van der Waals surface area contributed by atoms with E-state index in [0.29, 0.717) is 0 Å². The highest BCUT2D eigenvalue weighted by Crippen LogP contribution is 2.28. The van der Waals surface area contributed by atoms with Gasteiger partial charge in [-0.05, 0) is 29.8 Å². The van der Waals surface area contributed by atoms with Gasteiger partial charge < -0.3 is 9.12 Å². The van der Waals surface area contributed by atoms with Gasteiger partial charge in [-0.2, -0.15) is 5.10 Å². The lowest BCUT2D eigenvalue weighted by Gasteiger charge is -2.05. The molecule has 4 heterocycles. The number of hydrogen-bond acceptors (Lipinski definition) is 6. The van der Waals surface area contributed by atoms with Crippen LogP contribution in [0.1, 0.15) is 11.3 Å². The molecule has 0 spiro atoms. The summed E-state index contributed by atoms with van der Waals surface area (Å²) in [5.74, 6) is 0. The predicted molar refractivity (Wildman–Crippen MR) is 107 cm³/mol. The minimum Gasteiger partial charge on any atom is -0.308 e. The zero-order chi connectivity index (χ0) is 17.5. The van der Waals surface area contributed by atoms with Crippen molar-refractivity contribution < 1.29 is 0 Å². The van der Waals surface area contributed by atoms with Gasteiger partial charge in [0, 0.05) is 43.0 Å². The lowest BCUT2D eigenvalue weighted by molar-refractivity contribution is 0.875. The summed E-state index contributed by atoms with van der Waals surface area (Å²) in [5.41, 5.74) is 5.26. The Kier molecular flexibility index (Phi) is 3.65. The molecule has 0 radical (unpaired) electrons. The summed E-state index contributed by atoms with van der Waals surface area (Å²) in [4.78, 5) is 9.02. The van der Waals surface area contributed by atoms with Crippen LogP contribution in [0.25, 0.3) is 21.6 Å². The van der Waals surface area contributed by atoms with Crippen LogP contribution in [0.4, 0.5) is 5.13 Å². The van der Waals surface area contributed by atoms with Crippen molar-refractivity contribution in [2.24, 2.45) is 0 Å². The summed E-state index contributed by atoms with van der Waals surface area (Å²) >= 11 is 5.67. The van der Waals surface area contributed by atoms with E-state index in [0.717, 1.165) is 38.8 Å². The molecule has 4 aromatic heterocycles. The van der Waals surface area contributed by atoms with E-state index >= 15 is 0 Å². The minimum absolute atomic E-state index is 0.805. The Bertz CT molecular complexity index is 1210. The molecule has 0 unspecified atom stereocenters. The number of nitrogens with one attached hydrogen (secondary N) is 1. The van der Waals surface area contributed by atoms with Crippen molar-refractivity contribution in [3.05, 3.63) is 72.4 Å². The molecular weight excluding hydrogens is 364 g/mol. The number of aromatic nitrogens is 5. The Balaban J connectivity index is 1.49. The number of thiol groups is 1. The molecule has 1 aromatic carbocycles. The Morgan fingerprint density at radius 3 is 2.96 bits per heavy atom. The van der Waals surface area contributed by atoms with Crippen molar-refractivity contribution in [3.63, 3.8) is 0 Å². The second kappa shape index (κ2) is 6.15. The van der Waals surface area contributed by atoms with Crippen molar-refractivity contribution >= 4 is 45.1 Å². The third-order valence-electron chi connectivity index (χ3n) is 4.28. The molecule has 8 heteroatoms. The standard InChI is InChI=1S/C18H14N6S2/c25-22-18-21-15-3-2-12(9-16(15)26-18)8-14-11-19-17-10-13(4-7-23(14)17)24-6-1-5-20-24/h1-7,9-11,25H,8H2,(H,21,22). The summed E-state index contributed by atoms with van der Waals surface area (Å²) in [7, 11) is 0. The van der Waals surface area contributed by atoms with E-state index in [4.69, 9.17) is 0 Å². The van der Waals surface area contributed by atoms with Crippen LogP contribution in [0.15, 0.2) is 61.2 Å². The fourth-order valence-corrected chi connectivity index (χ4v) is 4.07.